The molecule has 0 aromatic heterocycles. The average Bonchev–Trinajstić information content (AvgIpc) is 2.23. The minimum atomic E-state index is -1.62. The molecule has 0 aromatic rings. The van der Waals surface area contributed by atoms with E-state index in [-0.39, 0.29) is 18.9 Å². The second kappa shape index (κ2) is 7.16. The normalized spacial score (nSPS) is 15.8. The highest BCUT2D eigenvalue weighted by atomic mass is 16.4. The highest BCUT2D eigenvalue weighted by molar-refractivity contribution is 5.86. The zero-order valence-electron chi connectivity index (χ0n) is 11.3. The van der Waals surface area contributed by atoms with Crippen LogP contribution < -0.4 is 5.32 Å². The van der Waals surface area contributed by atoms with E-state index < -0.39 is 17.5 Å². The molecule has 3 N–H and O–H groups in total. The fourth-order valence-corrected chi connectivity index (χ4v) is 1.66. The first-order valence-corrected chi connectivity index (χ1v) is 6.05. The summed E-state index contributed by atoms with van der Waals surface area (Å²) in [6.45, 7) is 8.95. The molecule has 5 heteroatoms. The Balaban J connectivity index is 4.38. The molecule has 0 saturated heterocycles. The second-order valence-electron chi connectivity index (χ2n) is 5.16. The third-order valence-corrected chi connectivity index (χ3v) is 2.68. The summed E-state index contributed by atoms with van der Waals surface area (Å²) in [5.41, 5.74) is -1.62. The van der Waals surface area contributed by atoms with Crippen molar-refractivity contribution in [1.82, 2.24) is 5.32 Å². The highest BCUT2D eigenvalue weighted by Crippen LogP contribution is 2.15. The van der Waals surface area contributed by atoms with Gasteiger partial charge in [0, 0.05) is 13.0 Å². The van der Waals surface area contributed by atoms with Gasteiger partial charge >= 0.3 is 5.97 Å². The van der Waals surface area contributed by atoms with Gasteiger partial charge in [0.1, 0.15) is 0 Å². The Morgan fingerprint density at radius 3 is 2.39 bits per heavy atom. The molecule has 0 fully saturated rings. The minimum Gasteiger partial charge on any atom is -0.481 e. The predicted octanol–water partition coefficient (Wildman–Crippen LogP) is 1.18. The number of carboxylic acid groups (broad SMARTS) is 1. The van der Waals surface area contributed by atoms with Crippen LogP contribution in [0.15, 0.2) is 12.7 Å². The van der Waals surface area contributed by atoms with E-state index in [2.05, 4.69) is 11.9 Å². The number of aliphatic hydroxyl groups is 1. The summed E-state index contributed by atoms with van der Waals surface area (Å²) in [4.78, 5) is 22.3. The molecule has 18 heavy (non-hydrogen) atoms. The molecule has 5 nitrogen and oxygen atoms in total. The van der Waals surface area contributed by atoms with Crippen molar-refractivity contribution in [3.05, 3.63) is 12.7 Å². The van der Waals surface area contributed by atoms with Crippen LogP contribution in [0.25, 0.3) is 0 Å². The molecule has 0 aliphatic rings. The lowest BCUT2D eigenvalue weighted by Crippen LogP contribution is -2.44. The zero-order chi connectivity index (χ0) is 14.3. The van der Waals surface area contributed by atoms with Gasteiger partial charge in [-0.3, -0.25) is 9.59 Å². The lowest BCUT2D eigenvalue weighted by atomic mass is 9.94. The summed E-state index contributed by atoms with van der Waals surface area (Å²) in [5, 5.41) is 21.0. The summed E-state index contributed by atoms with van der Waals surface area (Å²) in [5.74, 6) is -1.22. The molecule has 0 rings (SSSR count). The smallest absolute Gasteiger partial charge is 0.303 e. The third-order valence-electron chi connectivity index (χ3n) is 2.68. The number of rotatable bonds is 8. The van der Waals surface area contributed by atoms with Crippen molar-refractivity contribution in [2.24, 2.45) is 11.8 Å². The SMILES string of the molecule is C=C[C@](C)(O)C(=O)NC[C@H](CC(=O)O)CC(C)C. The molecule has 0 aliphatic carbocycles. The topological polar surface area (TPSA) is 86.6 Å². The molecule has 0 bridgehead atoms. The molecule has 0 heterocycles. The molecule has 2 atom stereocenters. The number of aliphatic carboxylic acids is 1. The van der Waals surface area contributed by atoms with Gasteiger partial charge in [0.25, 0.3) is 5.91 Å². The van der Waals surface area contributed by atoms with E-state index in [9.17, 15) is 14.7 Å². The van der Waals surface area contributed by atoms with Crippen LogP contribution in [0, 0.1) is 11.8 Å². The van der Waals surface area contributed by atoms with Crippen molar-refractivity contribution in [3.63, 3.8) is 0 Å². The summed E-state index contributed by atoms with van der Waals surface area (Å²) in [6.07, 6.45) is 1.87. The molecular weight excluding hydrogens is 234 g/mol. The number of hydrogen-bond donors (Lipinski definition) is 3. The van der Waals surface area contributed by atoms with E-state index in [1.165, 1.54) is 6.92 Å². The van der Waals surface area contributed by atoms with E-state index >= 15 is 0 Å². The van der Waals surface area contributed by atoms with Crippen LogP contribution in [-0.2, 0) is 9.59 Å². The van der Waals surface area contributed by atoms with Gasteiger partial charge in [0.2, 0.25) is 0 Å². The Bertz CT molecular complexity index is 310. The van der Waals surface area contributed by atoms with Crippen LogP contribution in [0.3, 0.4) is 0 Å². The maximum Gasteiger partial charge on any atom is 0.303 e. The lowest BCUT2D eigenvalue weighted by molar-refractivity contribution is -0.139. The van der Waals surface area contributed by atoms with Crippen molar-refractivity contribution in [2.75, 3.05) is 6.54 Å². The summed E-state index contributed by atoms with van der Waals surface area (Å²) >= 11 is 0. The molecule has 0 radical (unpaired) electrons. The second-order valence-corrected chi connectivity index (χ2v) is 5.16. The number of carbonyl (C=O) groups is 2. The number of hydrogen-bond acceptors (Lipinski definition) is 3. The fraction of sp³-hybridized carbons (Fsp3) is 0.692. The largest absolute Gasteiger partial charge is 0.481 e. The standard InChI is InChI=1S/C13H23NO4/c1-5-13(4,18)12(17)14-8-10(6-9(2)3)7-11(15)16/h5,9-10,18H,1,6-8H2,2-4H3,(H,14,17)(H,15,16)/t10-,13-/m0/s1. The zero-order valence-corrected chi connectivity index (χ0v) is 11.3. The monoisotopic (exact) mass is 257 g/mol. The van der Waals surface area contributed by atoms with E-state index in [1.54, 1.807) is 0 Å². The van der Waals surface area contributed by atoms with Crippen LogP contribution in [0.2, 0.25) is 0 Å². The first-order chi connectivity index (χ1) is 8.19. The van der Waals surface area contributed by atoms with Gasteiger partial charge in [0.05, 0.1) is 0 Å². The van der Waals surface area contributed by atoms with Gasteiger partial charge in [-0.2, -0.15) is 0 Å². The fourth-order valence-electron chi connectivity index (χ4n) is 1.66. The van der Waals surface area contributed by atoms with Gasteiger partial charge in [-0.1, -0.05) is 26.5 Å². The van der Waals surface area contributed by atoms with Crippen molar-refractivity contribution in [2.45, 2.75) is 39.2 Å². The van der Waals surface area contributed by atoms with E-state index in [1.807, 2.05) is 13.8 Å². The van der Waals surface area contributed by atoms with Crippen LogP contribution in [0.5, 0.6) is 0 Å². The van der Waals surface area contributed by atoms with E-state index in [0.29, 0.717) is 12.3 Å². The molecule has 1 amide bonds. The minimum absolute atomic E-state index is 0.00862. The number of nitrogens with one attached hydrogen (secondary N) is 1. The maximum absolute atomic E-state index is 11.6. The van der Waals surface area contributed by atoms with Crippen LogP contribution in [-0.4, -0.2) is 34.2 Å². The van der Waals surface area contributed by atoms with Gasteiger partial charge in [-0.15, -0.1) is 0 Å². The van der Waals surface area contributed by atoms with Crippen molar-refractivity contribution in [3.8, 4) is 0 Å². The molecule has 0 aliphatic heterocycles. The van der Waals surface area contributed by atoms with E-state index in [4.69, 9.17) is 5.11 Å². The first kappa shape index (κ1) is 16.6. The Hall–Kier alpha value is -1.36. The summed E-state index contributed by atoms with van der Waals surface area (Å²) in [6, 6.07) is 0. The predicted molar refractivity (Wildman–Crippen MR) is 69.0 cm³/mol. The molecule has 0 unspecified atom stereocenters. The summed E-state index contributed by atoms with van der Waals surface area (Å²) < 4.78 is 0. The Morgan fingerprint density at radius 2 is 2.00 bits per heavy atom. The third kappa shape index (κ3) is 6.39. The average molecular weight is 257 g/mol. The van der Waals surface area contributed by atoms with Gasteiger partial charge in [-0.25, -0.2) is 0 Å². The number of amides is 1. The van der Waals surface area contributed by atoms with E-state index in [0.717, 1.165) is 6.08 Å². The van der Waals surface area contributed by atoms with Crippen molar-refractivity contribution >= 4 is 11.9 Å². The van der Waals surface area contributed by atoms with Crippen molar-refractivity contribution < 1.29 is 19.8 Å². The van der Waals surface area contributed by atoms with Crippen LogP contribution >= 0.6 is 0 Å². The Kier molecular flexibility index (Phi) is 6.62. The molecule has 0 aromatic carbocycles. The number of carboxylic acids is 1. The first-order valence-electron chi connectivity index (χ1n) is 6.05. The molecule has 0 saturated carbocycles. The molecule has 0 spiro atoms. The Labute approximate surface area is 108 Å². The Morgan fingerprint density at radius 1 is 1.44 bits per heavy atom. The number of carbonyl (C=O) groups excluding carboxylic acids is 1. The van der Waals surface area contributed by atoms with Gasteiger partial charge in [0.15, 0.2) is 5.60 Å². The summed E-state index contributed by atoms with van der Waals surface area (Å²) in [7, 11) is 0. The maximum atomic E-state index is 11.6. The van der Waals surface area contributed by atoms with Crippen LogP contribution in [0.4, 0.5) is 0 Å². The van der Waals surface area contributed by atoms with Crippen molar-refractivity contribution in [1.29, 1.82) is 0 Å². The van der Waals surface area contributed by atoms with Crippen LogP contribution in [0.1, 0.15) is 33.6 Å². The molecule has 104 valence electrons. The molecular formula is C13H23NO4. The van der Waals surface area contributed by atoms with Gasteiger partial charge < -0.3 is 15.5 Å². The van der Waals surface area contributed by atoms with Gasteiger partial charge in [-0.05, 0) is 25.2 Å². The highest BCUT2D eigenvalue weighted by Gasteiger charge is 2.27. The quantitative estimate of drug-likeness (QED) is 0.570. The lowest BCUT2D eigenvalue weighted by Gasteiger charge is -2.22.